The number of hydrogen-bond donors (Lipinski definition) is 2. The Morgan fingerprint density at radius 3 is 2.71 bits per heavy atom. The Labute approximate surface area is 114 Å². The molecule has 0 saturated carbocycles. The highest BCUT2D eigenvalue weighted by molar-refractivity contribution is 7.99. The molecule has 5 heteroatoms. The largest absolute Gasteiger partial charge is 0.356 e. The van der Waals surface area contributed by atoms with Gasteiger partial charge in [-0.25, -0.2) is 0 Å². The van der Waals surface area contributed by atoms with Crippen LogP contribution in [-0.2, 0) is 4.79 Å². The predicted molar refractivity (Wildman–Crippen MR) is 75.9 cm³/mol. The van der Waals surface area contributed by atoms with Crippen LogP contribution in [0.1, 0.15) is 32.1 Å². The Balaban J connectivity index is 0.00000144. The molecule has 1 atom stereocenters. The minimum absolute atomic E-state index is 0. The fourth-order valence-corrected chi connectivity index (χ4v) is 3.64. The van der Waals surface area contributed by atoms with Crippen LogP contribution in [0.3, 0.4) is 0 Å². The molecule has 1 amide bonds. The number of carbonyl (C=O) groups excluding carboxylic acids is 1. The van der Waals surface area contributed by atoms with Crippen molar-refractivity contribution in [3.63, 3.8) is 0 Å². The first kappa shape index (κ1) is 15.1. The van der Waals surface area contributed by atoms with Crippen LogP contribution in [0.5, 0.6) is 0 Å². The average molecular weight is 279 g/mol. The van der Waals surface area contributed by atoms with Crippen molar-refractivity contribution in [1.82, 2.24) is 10.6 Å². The summed E-state index contributed by atoms with van der Waals surface area (Å²) >= 11 is 2.04. The molecule has 3 nitrogen and oxygen atoms in total. The number of nitrogens with one attached hydrogen (secondary N) is 2. The molecule has 2 heterocycles. The molecule has 2 saturated heterocycles. The van der Waals surface area contributed by atoms with Gasteiger partial charge in [-0.05, 0) is 49.7 Å². The summed E-state index contributed by atoms with van der Waals surface area (Å²) < 4.78 is 0. The third-order valence-corrected chi connectivity index (χ3v) is 4.57. The molecule has 1 unspecified atom stereocenters. The van der Waals surface area contributed by atoms with Gasteiger partial charge in [0.15, 0.2) is 0 Å². The van der Waals surface area contributed by atoms with Gasteiger partial charge in [-0.3, -0.25) is 4.79 Å². The molecule has 0 aromatic rings. The number of carbonyl (C=O) groups is 1. The van der Waals surface area contributed by atoms with Crippen LogP contribution in [-0.4, -0.2) is 36.5 Å². The van der Waals surface area contributed by atoms with Crippen LogP contribution in [0.25, 0.3) is 0 Å². The lowest BCUT2D eigenvalue weighted by Crippen LogP contribution is -2.35. The minimum atomic E-state index is 0. The van der Waals surface area contributed by atoms with Gasteiger partial charge in [0.1, 0.15) is 0 Å². The number of thioether (sulfide) groups is 1. The van der Waals surface area contributed by atoms with E-state index >= 15 is 0 Å². The molecule has 2 fully saturated rings. The first-order valence-electron chi connectivity index (χ1n) is 6.42. The number of amides is 1. The summed E-state index contributed by atoms with van der Waals surface area (Å²) in [4.78, 5) is 11.7. The van der Waals surface area contributed by atoms with E-state index in [4.69, 9.17) is 0 Å². The number of halogens is 1. The van der Waals surface area contributed by atoms with E-state index < -0.39 is 0 Å². The van der Waals surface area contributed by atoms with Crippen molar-refractivity contribution in [2.75, 3.05) is 24.6 Å². The van der Waals surface area contributed by atoms with Crippen LogP contribution in [0, 0.1) is 5.92 Å². The van der Waals surface area contributed by atoms with Crippen LogP contribution in [0.2, 0.25) is 0 Å². The molecule has 0 aromatic carbocycles. The zero-order chi connectivity index (χ0) is 11.2. The van der Waals surface area contributed by atoms with E-state index in [1.165, 1.54) is 30.8 Å². The summed E-state index contributed by atoms with van der Waals surface area (Å²) in [6, 6.07) is 0.432. The maximum absolute atomic E-state index is 11.7. The SMILES string of the molecule is Cl.O=C(CC1CCCN1)NCC1CCSCC1. The van der Waals surface area contributed by atoms with E-state index in [-0.39, 0.29) is 18.3 Å². The summed E-state index contributed by atoms with van der Waals surface area (Å²) in [6.45, 7) is 1.98. The maximum Gasteiger partial charge on any atom is 0.221 e. The summed E-state index contributed by atoms with van der Waals surface area (Å²) in [5.41, 5.74) is 0. The Morgan fingerprint density at radius 1 is 1.29 bits per heavy atom. The van der Waals surface area contributed by atoms with Crippen molar-refractivity contribution in [2.45, 2.75) is 38.1 Å². The molecule has 2 rings (SSSR count). The monoisotopic (exact) mass is 278 g/mol. The van der Waals surface area contributed by atoms with E-state index in [0.29, 0.717) is 12.5 Å². The van der Waals surface area contributed by atoms with Crippen molar-refractivity contribution in [3.8, 4) is 0 Å². The molecule has 0 bridgehead atoms. The predicted octanol–water partition coefficient (Wildman–Crippen LogP) is 1.81. The van der Waals surface area contributed by atoms with Crippen molar-refractivity contribution in [2.24, 2.45) is 5.92 Å². The Kier molecular flexibility index (Phi) is 7.32. The quantitative estimate of drug-likeness (QED) is 0.824. The van der Waals surface area contributed by atoms with E-state index in [1.54, 1.807) is 0 Å². The van der Waals surface area contributed by atoms with Gasteiger partial charge in [-0.2, -0.15) is 11.8 Å². The lowest BCUT2D eigenvalue weighted by atomic mass is 10.0. The highest BCUT2D eigenvalue weighted by Crippen LogP contribution is 2.21. The zero-order valence-electron chi connectivity index (χ0n) is 10.2. The van der Waals surface area contributed by atoms with Crippen molar-refractivity contribution < 1.29 is 4.79 Å². The van der Waals surface area contributed by atoms with Gasteiger partial charge in [0, 0.05) is 19.0 Å². The van der Waals surface area contributed by atoms with E-state index in [1.807, 2.05) is 11.8 Å². The molecule has 0 radical (unpaired) electrons. The van der Waals surface area contributed by atoms with Crippen molar-refractivity contribution in [3.05, 3.63) is 0 Å². The van der Waals surface area contributed by atoms with Gasteiger partial charge in [0.2, 0.25) is 5.91 Å². The van der Waals surface area contributed by atoms with Crippen LogP contribution < -0.4 is 10.6 Å². The molecule has 0 aromatic heterocycles. The Bertz CT molecular complexity index is 229. The second kappa shape index (κ2) is 8.22. The molecule has 2 aliphatic rings. The van der Waals surface area contributed by atoms with E-state index in [2.05, 4.69) is 10.6 Å². The topological polar surface area (TPSA) is 41.1 Å². The lowest BCUT2D eigenvalue weighted by Gasteiger charge is -2.21. The van der Waals surface area contributed by atoms with E-state index in [9.17, 15) is 4.79 Å². The standard InChI is InChI=1S/C12H22N2OS.ClH/c15-12(8-11-2-1-5-13-11)14-9-10-3-6-16-7-4-10;/h10-11,13H,1-9H2,(H,14,15);1H. The molecular formula is C12H23ClN2OS. The number of hydrogen-bond acceptors (Lipinski definition) is 3. The molecule has 17 heavy (non-hydrogen) atoms. The zero-order valence-corrected chi connectivity index (χ0v) is 11.9. The van der Waals surface area contributed by atoms with Crippen LogP contribution in [0.15, 0.2) is 0 Å². The van der Waals surface area contributed by atoms with Gasteiger partial charge in [0.05, 0.1) is 0 Å². The second-order valence-corrected chi connectivity index (χ2v) is 6.08. The van der Waals surface area contributed by atoms with Gasteiger partial charge < -0.3 is 10.6 Å². The van der Waals surface area contributed by atoms with Crippen molar-refractivity contribution in [1.29, 1.82) is 0 Å². The molecule has 100 valence electrons. The molecule has 2 aliphatic heterocycles. The van der Waals surface area contributed by atoms with Gasteiger partial charge in [0.25, 0.3) is 0 Å². The van der Waals surface area contributed by atoms with Crippen LogP contribution in [0.4, 0.5) is 0 Å². The fourth-order valence-electron chi connectivity index (χ4n) is 2.44. The molecule has 2 N–H and O–H groups in total. The highest BCUT2D eigenvalue weighted by Gasteiger charge is 2.19. The third kappa shape index (κ3) is 5.49. The summed E-state index contributed by atoms with van der Waals surface area (Å²) in [5.74, 6) is 3.49. The highest BCUT2D eigenvalue weighted by atomic mass is 35.5. The van der Waals surface area contributed by atoms with E-state index in [0.717, 1.165) is 25.4 Å². The molecule has 0 aliphatic carbocycles. The third-order valence-electron chi connectivity index (χ3n) is 3.52. The second-order valence-electron chi connectivity index (χ2n) is 4.86. The number of rotatable bonds is 4. The van der Waals surface area contributed by atoms with Gasteiger partial charge in [-0.15, -0.1) is 12.4 Å². The first-order valence-corrected chi connectivity index (χ1v) is 7.58. The van der Waals surface area contributed by atoms with Crippen molar-refractivity contribution >= 4 is 30.1 Å². The first-order chi connectivity index (χ1) is 7.84. The fraction of sp³-hybridized carbons (Fsp3) is 0.917. The minimum Gasteiger partial charge on any atom is -0.356 e. The van der Waals surface area contributed by atoms with Gasteiger partial charge >= 0.3 is 0 Å². The average Bonchev–Trinajstić information content (AvgIpc) is 2.81. The summed E-state index contributed by atoms with van der Waals surface area (Å²) in [7, 11) is 0. The Hall–Kier alpha value is 0.0700. The molecule has 0 spiro atoms. The Morgan fingerprint density at radius 2 is 2.06 bits per heavy atom. The summed E-state index contributed by atoms with van der Waals surface area (Å²) in [5, 5.41) is 6.45. The molecular weight excluding hydrogens is 256 g/mol. The van der Waals surface area contributed by atoms with Crippen LogP contribution >= 0.6 is 24.2 Å². The smallest absolute Gasteiger partial charge is 0.221 e. The normalized spacial score (nSPS) is 25.3. The maximum atomic E-state index is 11.7. The van der Waals surface area contributed by atoms with Gasteiger partial charge in [-0.1, -0.05) is 0 Å². The lowest BCUT2D eigenvalue weighted by molar-refractivity contribution is -0.121. The summed E-state index contributed by atoms with van der Waals surface area (Å²) in [6.07, 6.45) is 5.59.